The molecule has 7 heteroatoms. The van der Waals surface area contributed by atoms with Gasteiger partial charge in [-0.15, -0.1) is 0 Å². The van der Waals surface area contributed by atoms with E-state index in [1.807, 2.05) is 22.4 Å². The number of fused-ring (bicyclic) bond motifs is 1. The van der Waals surface area contributed by atoms with Crippen LogP contribution in [0.4, 0.5) is 4.39 Å². The Morgan fingerprint density at radius 1 is 1.11 bits per heavy atom. The van der Waals surface area contributed by atoms with Gasteiger partial charge < -0.3 is 5.11 Å². The minimum atomic E-state index is -0.246. The maximum atomic E-state index is 13.2. The van der Waals surface area contributed by atoms with E-state index in [0.717, 1.165) is 61.1 Å². The predicted octanol–water partition coefficient (Wildman–Crippen LogP) is 2.72. The normalized spacial score (nSPS) is 15.0. The van der Waals surface area contributed by atoms with Gasteiger partial charge in [0.05, 0.1) is 29.4 Å². The molecular formula is C20H24FN5O. The molecule has 1 aromatic carbocycles. The molecule has 0 bridgehead atoms. The van der Waals surface area contributed by atoms with Gasteiger partial charge in [-0.1, -0.05) is 0 Å². The summed E-state index contributed by atoms with van der Waals surface area (Å²) in [6, 6.07) is 8.40. The molecule has 1 aliphatic heterocycles. The third-order valence-electron chi connectivity index (χ3n) is 5.20. The van der Waals surface area contributed by atoms with E-state index < -0.39 is 0 Å². The van der Waals surface area contributed by atoms with Crippen molar-refractivity contribution in [3.8, 4) is 5.69 Å². The fourth-order valence-corrected chi connectivity index (χ4v) is 3.76. The van der Waals surface area contributed by atoms with Gasteiger partial charge >= 0.3 is 0 Å². The first-order chi connectivity index (χ1) is 13.0. The molecule has 4 rings (SSSR count). The van der Waals surface area contributed by atoms with Crippen molar-refractivity contribution in [2.75, 3.05) is 6.54 Å². The van der Waals surface area contributed by atoms with Crippen molar-refractivity contribution in [2.45, 2.75) is 46.5 Å². The van der Waals surface area contributed by atoms with Crippen LogP contribution in [0.15, 0.2) is 30.3 Å². The molecule has 0 unspecified atom stereocenters. The molecule has 3 heterocycles. The number of rotatable bonds is 4. The van der Waals surface area contributed by atoms with Gasteiger partial charge in [-0.25, -0.2) is 9.07 Å². The highest BCUT2D eigenvalue weighted by Gasteiger charge is 2.20. The molecule has 3 aromatic rings. The van der Waals surface area contributed by atoms with Crippen LogP contribution in [-0.4, -0.2) is 36.1 Å². The van der Waals surface area contributed by atoms with E-state index in [9.17, 15) is 9.50 Å². The summed E-state index contributed by atoms with van der Waals surface area (Å²) in [5.41, 5.74) is 6.00. The van der Waals surface area contributed by atoms with Crippen molar-refractivity contribution in [1.29, 1.82) is 0 Å². The average Bonchev–Trinajstić information content (AvgIpc) is 3.10. The zero-order valence-corrected chi connectivity index (χ0v) is 15.7. The summed E-state index contributed by atoms with van der Waals surface area (Å²) < 4.78 is 17.1. The van der Waals surface area contributed by atoms with E-state index in [-0.39, 0.29) is 12.4 Å². The van der Waals surface area contributed by atoms with Crippen LogP contribution in [0.25, 0.3) is 5.69 Å². The third kappa shape index (κ3) is 3.52. The Hall–Kier alpha value is -2.51. The van der Waals surface area contributed by atoms with Crippen molar-refractivity contribution < 1.29 is 9.50 Å². The number of hydrogen-bond acceptors (Lipinski definition) is 4. The molecule has 1 N–H and O–H groups in total. The summed E-state index contributed by atoms with van der Waals surface area (Å²) in [4.78, 5) is 2.40. The lowest BCUT2D eigenvalue weighted by Crippen LogP contribution is -2.23. The lowest BCUT2D eigenvalue weighted by atomic mass is 10.1. The summed E-state index contributed by atoms with van der Waals surface area (Å²) >= 11 is 0. The van der Waals surface area contributed by atoms with Crippen LogP contribution < -0.4 is 0 Å². The van der Waals surface area contributed by atoms with Crippen molar-refractivity contribution in [1.82, 2.24) is 24.5 Å². The van der Waals surface area contributed by atoms with Crippen LogP contribution in [0.5, 0.6) is 0 Å². The van der Waals surface area contributed by atoms with Gasteiger partial charge in [0.2, 0.25) is 0 Å². The molecule has 2 aromatic heterocycles. The molecule has 1 aliphatic rings. The van der Waals surface area contributed by atoms with Crippen LogP contribution in [0, 0.1) is 19.7 Å². The fraction of sp³-hybridized carbons (Fsp3) is 0.400. The topological polar surface area (TPSA) is 59.1 Å². The van der Waals surface area contributed by atoms with Crippen LogP contribution in [0.1, 0.15) is 34.8 Å². The Labute approximate surface area is 157 Å². The van der Waals surface area contributed by atoms with E-state index in [4.69, 9.17) is 0 Å². The standard InChI is InChI=1S/C20H24FN5O/c1-14-20(15(2)26(22-14)18-6-4-16(21)5-7-18)12-24-8-3-9-25-19(11-24)10-17(13-27)23-25/h4-7,10,27H,3,8-9,11-13H2,1-2H3. The zero-order valence-electron chi connectivity index (χ0n) is 15.7. The Kier molecular flexibility index (Phi) is 4.80. The number of halogens is 1. The highest BCUT2D eigenvalue weighted by Crippen LogP contribution is 2.22. The molecule has 0 radical (unpaired) electrons. The number of nitrogens with zero attached hydrogens (tertiary/aromatic N) is 5. The van der Waals surface area contributed by atoms with E-state index in [2.05, 4.69) is 22.0 Å². The maximum Gasteiger partial charge on any atom is 0.123 e. The minimum Gasteiger partial charge on any atom is -0.390 e. The van der Waals surface area contributed by atoms with Crippen molar-refractivity contribution >= 4 is 0 Å². The fourth-order valence-electron chi connectivity index (χ4n) is 3.76. The molecule has 0 atom stereocenters. The number of aromatic nitrogens is 4. The average molecular weight is 369 g/mol. The van der Waals surface area contributed by atoms with Gasteiger partial charge in [-0.05, 0) is 50.6 Å². The lowest BCUT2D eigenvalue weighted by Gasteiger charge is -2.19. The number of aryl methyl sites for hydroxylation is 2. The Morgan fingerprint density at radius 3 is 2.63 bits per heavy atom. The smallest absolute Gasteiger partial charge is 0.123 e. The van der Waals surface area contributed by atoms with E-state index in [1.54, 1.807) is 12.1 Å². The van der Waals surface area contributed by atoms with Crippen LogP contribution in [0.2, 0.25) is 0 Å². The quantitative estimate of drug-likeness (QED) is 0.768. The highest BCUT2D eigenvalue weighted by molar-refractivity contribution is 5.37. The van der Waals surface area contributed by atoms with Gasteiger partial charge in [0, 0.05) is 37.4 Å². The van der Waals surface area contributed by atoms with Gasteiger partial charge in [-0.3, -0.25) is 9.58 Å². The number of aliphatic hydroxyl groups excluding tert-OH is 1. The first-order valence-corrected chi connectivity index (χ1v) is 9.25. The number of aliphatic hydroxyl groups is 1. The summed E-state index contributed by atoms with van der Waals surface area (Å²) in [5.74, 6) is -0.246. The van der Waals surface area contributed by atoms with E-state index in [0.29, 0.717) is 0 Å². The van der Waals surface area contributed by atoms with Crippen molar-refractivity contribution in [2.24, 2.45) is 0 Å². The molecule has 27 heavy (non-hydrogen) atoms. The number of benzene rings is 1. The molecular weight excluding hydrogens is 345 g/mol. The molecule has 0 saturated heterocycles. The molecule has 0 aliphatic carbocycles. The summed E-state index contributed by atoms with van der Waals surface area (Å²) in [5, 5.41) is 18.5. The first kappa shape index (κ1) is 17.9. The van der Waals surface area contributed by atoms with Gasteiger partial charge in [0.15, 0.2) is 0 Å². The first-order valence-electron chi connectivity index (χ1n) is 9.25. The second-order valence-electron chi connectivity index (χ2n) is 7.11. The largest absolute Gasteiger partial charge is 0.390 e. The Bertz CT molecular complexity index is 944. The van der Waals surface area contributed by atoms with Crippen LogP contribution >= 0.6 is 0 Å². The molecule has 142 valence electrons. The molecule has 0 fully saturated rings. The SMILES string of the molecule is Cc1nn(-c2ccc(F)cc2)c(C)c1CN1CCCn2nc(CO)cc2C1. The summed E-state index contributed by atoms with van der Waals surface area (Å²) in [6.07, 6.45) is 1.02. The second-order valence-corrected chi connectivity index (χ2v) is 7.11. The maximum absolute atomic E-state index is 13.2. The van der Waals surface area contributed by atoms with Crippen molar-refractivity contribution in [3.63, 3.8) is 0 Å². The van der Waals surface area contributed by atoms with Gasteiger partial charge in [0.1, 0.15) is 5.82 Å². The van der Waals surface area contributed by atoms with Gasteiger partial charge in [-0.2, -0.15) is 10.2 Å². The lowest BCUT2D eigenvalue weighted by molar-refractivity contribution is 0.259. The molecule has 0 spiro atoms. The zero-order chi connectivity index (χ0) is 19.0. The monoisotopic (exact) mass is 369 g/mol. The van der Waals surface area contributed by atoms with Crippen LogP contribution in [-0.2, 0) is 26.2 Å². The minimum absolute atomic E-state index is 0.0251. The highest BCUT2D eigenvalue weighted by atomic mass is 19.1. The van der Waals surface area contributed by atoms with Crippen molar-refractivity contribution in [3.05, 3.63) is 64.5 Å². The Morgan fingerprint density at radius 2 is 1.89 bits per heavy atom. The second kappa shape index (κ2) is 7.25. The predicted molar refractivity (Wildman–Crippen MR) is 99.9 cm³/mol. The molecule has 0 amide bonds. The number of hydrogen-bond donors (Lipinski definition) is 1. The van der Waals surface area contributed by atoms with Crippen LogP contribution in [0.3, 0.4) is 0 Å². The van der Waals surface area contributed by atoms with E-state index >= 15 is 0 Å². The van der Waals surface area contributed by atoms with Gasteiger partial charge in [0.25, 0.3) is 0 Å². The summed E-state index contributed by atoms with van der Waals surface area (Å²) in [6.45, 7) is 7.52. The summed E-state index contributed by atoms with van der Waals surface area (Å²) in [7, 11) is 0. The third-order valence-corrected chi connectivity index (χ3v) is 5.20. The van der Waals surface area contributed by atoms with E-state index in [1.165, 1.54) is 17.7 Å². The Balaban J connectivity index is 1.58. The molecule has 0 saturated carbocycles. The molecule has 6 nitrogen and oxygen atoms in total.